The third-order valence-corrected chi connectivity index (χ3v) is 4.39. The van der Waals surface area contributed by atoms with E-state index < -0.39 is 0 Å². The third kappa shape index (κ3) is 2.29. The first-order valence-corrected chi connectivity index (χ1v) is 7.63. The molecule has 2 heteroatoms. The predicted octanol–water partition coefficient (Wildman–Crippen LogP) is 5.00. The van der Waals surface area contributed by atoms with Gasteiger partial charge in [0, 0.05) is 17.5 Å². The summed E-state index contributed by atoms with van der Waals surface area (Å²) in [6, 6.07) is 23.2. The van der Waals surface area contributed by atoms with Gasteiger partial charge in [-0.05, 0) is 33.7 Å². The van der Waals surface area contributed by atoms with Crippen molar-refractivity contribution < 1.29 is 10.2 Å². The van der Waals surface area contributed by atoms with Crippen molar-refractivity contribution in [1.82, 2.24) is 0 Å². The predicted molar refractivity (Wildman–Crippen MR) is 94.0 cm³/mol. The highest BCUT2D eigenvalue weighted by Gasteiger charge is 2.13. The molecule has 0 atom stereocenters. The van der Waals surface area contributed by atoms with Crippen molar-refractivity contribution in [3.63, 3.8) is 0 Å². The molecular weight excluding hydrogens is 283 g/mol. The lowest BCUT2D eigenvalue weighted by Gasteiger charge is -2.13. The van der Waals surface area contributed by atoms with Gasteiger partial charge in [-0.3, -0.25) is 0 Å². The summed E-state index contributed by atoms with van der Waals surface area (Å²) in [4.78, 5) is 0. The number of hydrogen-bond acceptors (Lipinski definition) is 2. The molecule has 4 aromatic rings. The van der Waals surface area contributed by atoms with Gasteiger partial charge in [0.2, 0.25) is 0 Å². The van der Waals surface area contributed by atoms with Crippen molar-refractivity contribution in [2.75, 3.05) is 0 Å². The minimum absolute atomic E-state index is 0.260. The molecule has 0 bridgehead atoms. The minimum Gasteiger partial charge on any atom is -0.508 e. The Morgan fingerprint density at radius 2 is 0.957 bits per heavy atom. The van der Waals surface area contributed by atoms with Crippen LogP contribution in [0, 0.1) is 0 Å². The zero-order valence-corrected chi connectivity index (χ0v) is 12.5. The molecule has 0 radical (unpaired) electrons. The fourth-order valence-electron chi connectivity index (χ4n) is 3.20. The maximum Gasteiger partial charge on any atom is 0.119 e. The Labute approximate surface area is 134 Å². The van der Waals surface area contributed by atoms with Crippen molar-refractivity contribution in [3.8, 4) is 11.5 Å². The molecule has 0 saturated carbocycles. The molecule has 0 aromatic heterocycles. The van der Waals surface area contributed by atoms with E-state index in [9.17, 15) is 10.2 Å². The Bertz CT molecular complexity index is 935. The van der Waals surface area contributed by atoms with Crippen LogP contribution in [0.25, 0.3) is 21.5 Å². The van der Waals surface area contributed by atoms with E-state index in [1.807, 2.05) is 60.7 Å². The second-order valence-corrected chi connectivity index (χ2v) is 5.75. The summed E-state index contributed by atoms with van der Waals surface area (Å²) in [6.07, 6.45) is 0.486. The lowest BCUT2D eigenvalue weighted by molar-refractivity contribution is 0.464. The van der Waals surface area contributed by atoms with Crippen LogP contribution in [0.2, 0.25) is 0 Å². The third-order valence-electron chi connectivity index (χ3n) is 4.39. The first-order valence-electron chi connectivity index (χ1n) is 7.63. The van der Waals surface area contributed by atoms with Gasteiger partial charge in [0.1, 0.15) is 11.5 Å². The van der Waals surface area contributed by atoms with Gasteiger partial charge in [0.25, 0.3) is 0 Å². The van der Waals surface area contributed by atoms with Crippen molar-refractivity contribution in [2.24, 2.45) is 0 Å². The molecule has 0 aliphatic heterocycles. The SMILES string of the molecule is Oc1ccc2ccccc2c1[11CH2]c1c(O)ccc2ccccc12. The van der Waals surface area contributed by atoms with E-state index in [1.54, 1.807) is 12.1 Å². The van der Waals surface area contributed by atoms with Gasteiger partial charge in [-0.25, -0.2) is 0 Å². The van der Waals surface area contributed by atoms with E-state index in [1.165, 1.54) is 0 Å². The maximum atomic E-state index is 10.4. The Morgan fingerprint density at radius 3 is 1.43 bits per heavy atom. The summed E-state index contributed by atoms with van der Waals surface area (Å²) in [5.41, 5.74) is 1.68. The molecule has 0 fully saturated rings. The Hall–Kier alpha value is -3.00. The van der Waals surface area contributed by atoms with Crippen LogP contribution in [0.3, 0.4) is 0 Å². The molecule has 112 valence electrons. The molecule has 0 aliphatic carbocycles. The molecule has 4 aromatic carbocycles. The van der Waals surface area contributed by atoms with Gasteiger partial charge in [-0.2, -0.15) is 0 Å². The number of phenolic OH excluding ortho intramolecular Hbond substituents is 2. The number of fused-ring (bicyclic) bond motifs is 2. The topological polar surface area (TPSA) is 40.5 Å². The van der Waals surface area contributed by atoms with Gasteiger partial charge < -0.3 is 10.2 Å². The van der Waals surface area contributed by atoms with Crippen molar-refractivity contribution in [2.45, 2.75) is 6.42 Å². The number of phenols is 2. The summed E-state index contributed by atoms with van der Waals surface area (Å²) in [7, 11) is 0. The summed E-state index contributed by atoms with van der Waals surface area (Å²) in [5.74, 6) is 0.520. The maximum absolute atomic E-state index is 10.4. The standard InChI is InChI=1S/C21H16O2/c22-20-11-9-14-5-1-3-7-16(14)18(20)13-19-17-8-4-2-6-15(17)10-12-21(19)23/h1-12,22-23H,13H2/i13-1. The summed E-state index contributed by atoms with van der Waals surface area (Å²) < 4.78 is 0. The number of rotatable bonds is 2. The molecule has 0 unspecified atom stereocenters. The van der Waals surface area contributed by atoms with Crippen molar-refractivity contribution >= 4 is 21.5 Å². The molecule has 0 saturated heterocycles. The molecule has 0 heterocycles. The van der Waals surface area contributed by atoms with E-state index in [-0.39, 0.29) is 11.5 Å². The first-order chi connectivity index (χ1) is 11.2. The number of hydrogen-bond donors (Lipinski definition) is 2. The molecular formula is C21H16O2. The van der Waals surface area contributed by atoms with Crippen LogP contribution in [-0.2, 0) is 6.42 Å². The highest BCUT2D eigenvalue weighted by Crippen LogP contribution is 2.34. The number of benzene rings is 4. The second-order valence-electron chi connectivity index (χ2n) is 5.75. The first kappa shape index (κ1) is 13.6. The Balaban J connectivity index is 1.95. The molecule has 0 spiro atoms. The molecule has 0 aliphatic rings. The van der Waals surface area contributed by atoms with Gasteiger partial charge in [0.05, 0.1) is 0 Å². The molecule has 4 rings (SSSR count). The molecule has 2 nitrogen and oxygen atoms in total. The Morgan fingerprint density at radius 1 is 0.522 bits per heavy atom. The highest BCUT2D eigenvalue weighted by molar-refractivity contribution is 5.91. The van der Waals surface area contributed by atoms with Crippen LogP contribution in [0.5, 0.6) is 11.5 Å². The monoisotopic (exact) mass is 299 g/mol. The molecule has 0 amide bonds. The average Bonchev–Trinajstić information content (AvgIpc) is 2.59. The quantitative estimate of drug-likeness (QED) is 0.547. The fraction of sp³-hybridized carbons (Fsp3) is 0.0476. The molecule has 23 heavy (non-hydrogen) atoms. The van der Waals surface area contributed by atoms with E-state index >= 15 is 0 Å². The minimum atomic E-state index is 0.260. The van der Waals surface area contributed by atoms with Crippen LogP contribution in [0.4, 0.5) is 0 Å². The lowest BCUT2D eigenvalue weighted by atomic mass is 9.69. The summed E-state index contributed by atoms with van der Waals surface area (Å²) in [6.45, 7) is 0. The van der Waals surface area contributed by atoms with Crippen LogP contribution in [-0.4, -0.2) is 10.2 Å². The van der Waals surface area contributed by atoms with Crippen LogP contribution in [0.15, 0.2) is 72.8 Å². The van der Waals surface area contributed by atoms with Crippen molar-refractivity contribution in [3.05, 3.63) is 83.9 Å². The van der Waals surface area contributed by atoms with E-state index in [0.717, 1.165) is 32.7 Å². The van der Waals surface area contributed by atoms with E-state index in [4.69, 9.17) is 0 Å². The van der Waals surface area contributed by atoms with Gasteiger partial charge in [-0.15, -0.1) is 0 Å². The largest absolute Gasteiger partial charge is 0.508 e. The normalized spacial score (nSPS) is 11.1. The zero-order valence-electron chi connectivity index (χ0n) is 12.5. The fourth-order valence-corrected chi connectivity index (χ4v) is 3.20. The van der Waals surface area contributed by atoms with Crippen LogP contribution in [0.1, 0.15) is 11.1 Å². The lowest BCUT2D eigenvalue weighted by Crippen LogP contribution is -1.93. The van der Waals surface area contributed by atoms with Crippen molar-refractivity contribution in [1.29, 1.82) is 0 Å². The summed E-state index contributed by atoms with van der Waals surface area (Å²) in [5, 5.41) is 24.9. The van der Waals surface area contributed by atoms with Crippen LogP contribution >= 0.6 is 0 Å². The van der Waals surface area contributed by atoms with Gasteiger partial charge >= 0.3 is 0 Å². The average molecular weight is 299 g/mol. The highest BCUT2D eigenvalue weighted by atomic mass is 16.3. The smallest absolute Gasteiger partial charge is 0.119 e. The van der Waals surface area contributed by atoms with Crippen LogP contribution < -0.4 is 0 Å². The van der Waals surface area contributed by atoms with E-state index in [2.05, 4.69) is 0 Å². The van der Waals surface area contributed by atoms with Gasteiger partial charge in [-0.1, -0.05) is 60.7 Å². The number of aromatic hydroxyl groups is 2. The molecule has 2 N–H and O–H groups in total. The van der Waals surface area contributed by atoms with E-state index in [0.29, 0.717) is 6.42 Å². The summed E-state index contributed by atoms with van der Waals surface area (Å²) >= 11 is 0. The van der Waals surface area contributed by atoms with Gasteiger partial charge in [0.15, 0.2) is 0 Å². The Kier molecular flexibility index (Phi) is 3.16. The zero-order chi connectivity index (χ0) is 15.8. The second kappa shape index (κ2) is 5.33.